The van der Waals surface area contributed by atoms with Crippen LogP contribution in [0.4, 0.5) is 11.6 Å². The number of aromatic nitrogens is 3. The molecule has 1 aliphatic carbocycles. The molecule has 3 N–H and O–H groups in total. The van der Waals surface area contributed by atoms with Crippen molar-refractivity contribution in [2.75, 3.05) is 16.8 Å². The van der Waals surface area contributed by atoms with E-state index in [0.29, 0.717) is 22.2 Å². The quantitative estimate of drug-likeness (QED) is 0.819. The summed E-state index contributed by atoms with van der Waals surface area (Å²) in [6.07, 6.45) is 2.18. The topological polar surface area (TPSA) is 85.8 Å². The minimum absolute atomic E-state index is 0.0978. The number of carbonyl (C=O) groups is 1. The van der Waals surface area contributed by atoms with E-state index < -0.39 is 0 Å². The second-order valence-electron chi connectivity index (χ2n) is 5.24. The van der Waals surface area contributed by atoms with Crippen LogP contribution in [0.5, 0.6) is 0 Å². The van der Waals surface area contributed by atoms with Gasteiger partial charge in [-0.05, 0) is 43.5 Å². The number of hydrogen-bond acceptors (Lipinski definition) is 5. The molecule has 0 spiro atoms. The van der Waals surface area contributed by atoms with Gasteiger partial charge >= 0.3 is 0 Å². The molecule has 22 heavy (non-hydrogen) atoms. The van der Waals surface area contributed by atoms with Crippen molar-refractivity contribution >= 4 is 40.9 Å². The normalized spacial score (nSPS) is 14.1. The molecule has 0 bridgehead atoms. The van der Waals surface area contributed by atoms with Crippen LogP contribution in [-0.4, -0.2) is 26.4 Å². The highest BCUT2D eigenvalue weighted by Crippen LogP contribution is 2.39. The molecule has 1 saturated carbocycles. The first-order valence-corrected chi connectivity index (χ1v) is 8.30. The number of thioether (sulfide) groups is 1. The summed E-state index contributed by atoms with van der Waals surface area (Å²) in [5, 5.41) is 12.1. The fourth-order valence-electron chi connectivity index (χ4n) is 2.15. The van der Waals surface area contributed by atoms with Crippen molar-refractivity contribution in [3.05, 3.63) is 28.8 Å². The van der Waals surface area contributed by atoms with Gasteiger partial charge in [0.1, 0.15) is 0 Å². The summed E-state index contributed by atoms with van der Waals surface area (Å²) in [4.78, 5) is 12.1. The van der Waals surface area contributed by atoms with Gasteiger partial charge in [-0.1, -0.05) is 23.4 Å². The van der Waals surface area contributed by atoms with E-state index in [2.05, 4.69) is 15.5 Å². The summed E-state index contributed by atoms with van der Waals surface area (Å²) >= 11 is 7.25. The highest BCUT2D eigenvalue weighted by molar-refractivity contribution is 7.99. The van der Waals surface area contributed by atoms with Crippen LogP contribution in [0.3, 0.4) is 0 Å². The standard InChI is InChI=1S/C14H16ClN5OS/c1-8-6-9(15)2-5-11(8)17-12(21)7-22-14-19-18-13(16)20(14)10-3-4-10/h2,5-6,10H,3-4,7H2,1H3,(H2,16,18)(H,17,21). The van der Waals surface area contributed by atoms with Crippen LogP contribution in [0.2, 0.25) is 5.02 Å². The summed E-state index contributed by atoms with van der Waals surface area (Å²) < 4.78 is 1.91. The van der Waals surface area contributed by atoms with Crippen molar-refractivity contribution in [2.24, 2.45) is 0 Å². The van der Waals surface area contributed by atoms with Gasteiger partial charge in [0.05, 0.1) is 5.75 Å². The summed E-state index contributed by atoms with van der Waals surface area (Å²) in [6, 6.07) is 5.75. The van der Waals surface area contributed by atoms with Gasteiger partial charge in [0, 0.05) is 16.8 Å². The maximum Gasteiger partial charge on any atom is 0.234 e. The van der Waals surface area contributed by atoms with Crippen LogP contribution >= 0.6 is 23.4 Å². The molecule has 0 aliphatic heterocycles. The van der Waals surface area contributed by atoms with Crippen molar-refractivity contribution < 1.29 is 4.79 Å². The zero-order valence-electron chi connectivity index (χ0n) is 12.0. The first-order valence-electron chi connectivity index (χ1n) is 6.94. The van der Waals surface area contributed by atoms with E-state index >= 15 is 0 Å². The SMILES string of the molecule is Cc1cc(Cl)ccc1NC(=O)CSc1nnc(N)n1C1CC1. The molecular weight excluding hydrogens is 322 g/mol. The smallest absolute Gasteiger partial charge is 0.234 e. The lowest BCUT2D eigenvalue weighted by atomic mass is 10.2. The molecule has 0 saturated heterocycles. The third kappa shape index (κ3) is 3.36. The van der Waals surface area contributed by atoms with Gasteiger partial charge in [0.25, 0.3) is 0 Å². The molecule has 1 aromatic carbocycles. The second-order valence-corrected chi connectivity index (χ2v) is 6.62. The Kier molecular flexibility index (Phi) is 4.26. The number of anilines is 2. The van der Waals surface area contributed by atoms with E-state index in [1.807, 2.05) is 17.6 Å². The number of benzene rings is 1. The van der Waals surface area contributed by atoms with Crippen LogP contribution in [0.15, 0.2) is 23.4 Å². The molecule has 0 radical (unpaired) electrons. The van der Waals surface area contributed by atoms with Gasteiger partial charge in [-0.2, -0.15) is 0 Å². The van der Waals surface area contributed by atoms with Gasteiger partial charge in [0.15, 0.2) is 5.16 Å². The second kappa shape index (κ2) is 6.18. The number of nitrogens with one attached hydrogen (secondary N) is 1. The van der Waals surface area contributed by atoms with Crippen LogP contribution in [0.1, 0.15) is 24.4 Å². The third-order valence-electron chi connectivity index (χ3n) is 3.40. The molecule has 1 aromatic heterocycles. The highest BCUT2D eigenvalue weighted by Gasteiger charge is 2.29. The Balaban J connectivity index is 1.61. The van der Waals surface area contributed by atoms with Crippen molar-refractivity contribution in [3.8, 4) is 0 Å². The Morgan fingerprint density at radius 3 is 2.95 bits per heavy atom. The van der Waals surface area contributed by atoms with Crippen molar-refractivity contribution in [3.63, 3.8) is 0 Å². The van der Waals surface area contributed by atoms with Gasteiger partial charge in [-0.3, -0.25) is 9.36 Å². The monoisotopic (exact) mass is 337 g/mol. The maximum absolute atomic E-state index is 12.1. The molecule has 1 fully saturated rings. The predicted octanol–water partition coefficient (Wildman–Crippen LogP) is 2.89. The van der Waals surface area contributed by atoms with E-state index in [-0.39, 0.29) is 11.7 Å². The number of halogens is 1. The van der Waals surface area contributed by atoms with Gasteiger partial charge in [0.2, 0.25) is 11.9 Å². The van der Waals surface area contributed by atoms with E-state index in [4.69, 9.17) is 17.3 Å². The van der Waals surface area contributed by atoms with E-state index in [1.54, 1.807) is 12.1 Å². The Bertz CT molecular complexity index is 713. The number of amides is 1. The third-order valence-corrected chi connectivity index (χ3v) is 4.58. The molecule has 1 amide bonds. The summed E-state index contributed by atoms with van der Waals surface area (Å²) in [6.45, 7) is 1.90. The molecular formula is C14H16ClN5OS. The lowest BCUT2D eigenvalue weighted by Gasteiger charge is -2.09. The summed E-state index contributed by atoms with van der Waals surface area (Å²) in [7, 11) is 0. The lowest BCUT2D eigenvalue weighted by Crippen LogP contribution is -2.15. The van der Waals surface area contributed by atoms with Crippen LogP contribution in [0.25, 0.3) is 0 Å². The Morgan fingerprint density at radius 2 is 2.27 bits per heavy atom. The van der Waals surface area contributed by atoms with Crippen molar-refractivity contribution in [2.45, 2.75) is 31.0 Å². The Morgan fingerprint density at radius 1 is 1.50 bits per heavy atom. The molecule has 3 rings (SSSR count). The van der Waals surface area contributed by atoms with Gasteiger partial charge in [-0.25, -0.2) is 0 Å². The first kappa shape index (κ1) is 15.2. The molecule has 116 valence electrons. The molecule has 0 atom stereocenters. The van der Waals surface area contributed by atoms with E-state index in [1.165, 1.54) is 11.8 Å². The summed E-state index contributed by atoms with van der Waals surface area (Å²) in [5.74, 6) is 0.575. The average Bonchev–Trinajstić information content (AvgIpc) is 3.23. The summed E-state index contributed by atoms with van der Waals surface area (Å²) in [5.41, 5.74) is 7.50. The number of nitrogens with zero attached hydrogens (tertiary/aromatic N) is 3. The lowest BCUT2D eigenvalue weighted by molar-refractivity contribution is -0.113. The van der Waals surface area contributed by atoms with Crippen molar-refractivity contribution in [1.29, 1.82) is 0 Å². The van der Waals surface area contributed by atoms with E-state index in [9.17, 15) is 4.79 Å². The largest absolute Gasteiger partial charge is 0.368 e. The fraction of sp³-hybridized carbons (Fsp3) is 0.357. The molecule has 8 heteroatoms. The number of nitrogen functional groups attached to an aromatic ring is 1. The fourth-order valence-corrected chi connectivity index (χ4v) is 3.19. The maximum atomic E-state index is 12.1. The Hall–Kier alpha value is -1.73. The minimum Gasteiger partial charge on any atom is -0.368 e. The molecule has 1 aliphatic rings. The number of rotatable bonds is 5. The number of nitrogens with two attached hydrogens (primary N) is 1. The molecule has 1 heterocycles. The van der Waals surface area contributed by atoms with Gasteiger partial charge < -0.3 is 11.1 Å². The zero-order valence-corrected chi connectivity index (χ0v) is 13.6. The zero-order chi connectivity index (χ0) is 15.7. The van der Waals surface area contributed by atoms with Crippen molar-refractivity contribution in [1.82, 2.24) is 14.8 Å². The first-order chi connectivity index (χ1) is 10.5. The number of aryl methyl sites for hydroxylation is 1. The Labute approximate surface area is 137 Å². The molecule has 2 aromatic rings. The van der Waals surface area contributed by atoms with Gasteiger partial charge in [-0.15, -0.1) is 10.2 Å². The minimum atomic E-state index is -0.0978. The number of hydrogen-bond donors (Lipinski definition) is 2. The average molecular weight is 338 g/mol. The molecule has 0 unspecified atom stereocenters. The van der Waals surface area contributed by atoms with E-state index in [0.717, 1.165) is 24.1 Å². The molecule has 6 nitrogen and oxygen atoms in total. The van der Waals surface area contributed by atoms with Crippen LogP contribution < -0.4 is 11.1 Å². The van der Waals surface area contributed by atoms with Crippen LogP contribution in [0, 0.1) is 6.92 Å². The number of carbonyl (C=O) groups excluding carboxylic acids is 1. The highest BCUT2D eigenvalue weighted by atomic mass is 35.5. The van der Waals surface area contributed by atoms with Crippen LogP contribution in [-0.2, 0) is 4.79 Å². The predicted molar refractivity (Wildman–Crippen MR) is 88.2 cm³/mol.